The van der Waals surface area contributed by atoms with Gasteiger partial charge in [-0.15, -0.1) is 0 Å². The number of fused-ring (bicyclic) bond motifs is 1. The molecule has 9 nitrogen and oxygen atoms in total. The number of anilines is 1. The number of hydrogen-bond acceptors (Lipinski definition) is 8. The van der Waals surface area contributed by atoms with E-state index >= 15 is 0 Å². The fourth-order valence-electron chi connectivity index (χ4n) is 3.55. The van der Waals surface area contributed by atoms with Crippen molar-refractivity contribution >= 4 is 23.5 Å². The van der Waals surface area contributed by atoms with Gasteiger partial charge in [-0.1, -0.05) is 5.22 Å². The first kappa shape index (κ1) is 20.4. The molecule has 2 amide bonds. The zero-order valence-electron chi connectivity index (χ0n) is 16.4. The van der Waals surface area contributed by atoms with Crippen molar-refractivity contribution in [1.82, 2.24) is 5.01 Å². The van der Waals surface area contributed by atoms with Crippen LogP contribution in [-0.2, 0) is 20.9 Å². The first-order valence-corrected chi connectivity index (χ1v) is 9.11. The average Bonchev–Trinajstić information content (AvgIpc) is 3.29. The Morgan fingerprint density at radius 3 is 2.52 bits per heavy atom. The lowest BCUT2D eigenvalue weighted by atomic mass is 10.1. The largest absolute Gasteiger partial charge is 0.496 e. The summed E-state index contributed by atoms with van der Waals surface area (Å²) >= 11 is 0. The van der Waals surface area contributed by atoms with Crippen molar-refractivity contribution in [3.8, 4) is 5.75 Å². The highest BCUT2D eigenvalue weighted by Gasteiger charge is 2.54. The summed E-state index contributed by atoms with van der Waals surface area (Å²) < 4.78 is 36.9. The van der Waals surface area contributed by atoms with E-state index < -0.39 is 41.5 Å². The number of imide groups is 1. The molecule has 0 bridgehead atoms. The van der Waals surface area contributed by atoms with Gasteiger partial charge in [0.1, 0.15) is 5.75 Å². The molecule has 0 radical (unpaired) electrons. The lowest BCUT2D eigenvalue weighted by Gasteiger charge is -2.21. The fraction of sp³-hybridized carbons (Fsp3) is 0.250. The number of carbonyl (C=O) groups excluding carboxylic acids is 3. The third-order valence-corrected chi connectivity index (χ3v) is 5.05. The Kier molecular flexibility index (Phi) is 5.09. The summed E-state index contributed by atoms with van der Waals surface area (Å²) in [6, 6.07) is 5.20. The van der Waals surface area contributed by atoms with Crippen molar-refractivity contribution in [2.45, 2.75) is 18.6 Å². The summed E-state index contributed by atoms with van der Waals surface area (Å²) in [7, 11) is 2.70. The van der Waals surface area contributed by atoms with Crippen molar-refractivity contribution in [3.05, 3.63) is 59.2 Å². The van der Waals surface area contributed by atoms with Crippen LogP contribution < -0.4 is 9.64 Å². The van der Waals surface area contributed by atoms with Gasteiger partial charge < -0.3 is 9.47 Å². The van der Waals surface area contributed by atoms with Gasteiger partial charge in [-0.05, 0) is 30.3 Å². The Balaban J connectivity index is 1.63. The molecule has 4 rings (SSSR count). The molecule has 0 saturated carbocycles. The summed E-state index contributed by atoms with van der Waals surface area (Å²) in [6.45, 7) is 0.00329. The van der Waals surface area contributed by atoms with E-state index in [1.807, 2.05) is 0 Å². The Labute approximate surface area is 174 Å². The monoisotopic (exact) mass is 430 g/mol. The van der Waals surface area contributed by atoms with Crippen molar-refractivity contribution in [2.75, 3.05) is 19.1 Å². The van der Waals surface area contributed by atoms with Gasteiger partial charge in [0.25, 0.3) is 11.8 Å². The van der Waals surface area contributed by atoms with Crippen LogP contribution in [0.3, 0.4) is 0 Å². The van der Waals surface area contributed by atoms with E-state index in [0.717, 1.165) is 23.1 Å². The number of benzene rings is 2. The molecule has 31 heavy (non-hydrogen) atoms. The highest BCUT2D eigenvalue weighted by molar-refractivity contribution is 6.25. The molecule has 0 aromatic heterocycles. The van der Waals surface area contributed by atoms with E-state index in [0.29, 0.717) is 11.3 Å². The smallest absolute Gasteiger partial charge is 0.337 e. The molecular weight excluding hydrogens is 414 g/mol. The summed E-state index contributed by atoms with van der Waals surface area (Å²) in [4.78, 5) is 38.3. The maximum atomic E-state index is 13.6. The van der Waals surface area contributed by atoms with Gasteiger partial charge in [0.2, 0.25) is 0 Å². The zero-order chi connectivity index (χ0) is 22.3. The number of amides is 2. The van der Waals surface area contributed by atoms with Gasteiger partial charge in [-0.2, -0.15) is 5.11 Å². The molecule has 2 aromatic rings. The maximum Gasteiger partial charge on any atom is 0.337 e. The maximum absolute atomic E-state index is 13.6. The van der Waals surface area contributed by atoms with Crippen LogP contribution >= 0.6 is 0 Å². The minimum atomic E-state index is -1.18. The zero-order valence-corrected chi connectivity index (χ0v) is 16.4. The summed E-state index contributed by atoms with van der Waals surface area (Å²) in [5, 5.41) is 9.12. The van der Waals surface area contributed by atoms with Crippen LogP contribution in [0.5, 0.6) is 5.75 Å². The summed E-state index contributed by atoms with van der Waals surface area (Å²) in [5.74, 6) is -3.77. The van der Waals surface area contributed by atoms with Gasteiger partial charge in [-0.25, -0.2) is 18.5 Å². The SMILES string of the molecule is COC(=O)c1ccc(OC)c(CN2N=N[C@@H]3C(=O)N(c4ccc(F)c(F)c4)C(=O)[C@@H]32)c1. The molecule has 0 N–H and O–H groups in total. The molecule has 2 heterocycles. The Hall–Kier alpha value is -3.89. The van der Waals surface area contributed by atoms with Crippen LogP contribution in [0.2, 0.25) is 0 Å². The van der Waals surface area contributed by atoms with Gasteiger partial charge in [0.15, 0.2) is 23.7 Å². The minimum Gasteiger partial charge on any atom is -0.496 e. The van der Waals surface area contributed by atoms with E-state index in [4.69, 9.17) is 9.47 Å². The predicted molar refractivity (Wildman–Crippen MR) is 101 cm³/mol. The van der Waals surface area contributed by atoms with E-state index in [1.165, 1.54) is 31.4 Å². The number of ether oxygens (including phenoxy) is 2. The predicted octanol–water partition coefficient (Wildman–Crippen LogP) is 2.25. The second-order valence-corrected chi connectivity index (χ2v) is 6.82. The van der Waals surface area contributed by atoms with E-state index in [2.05, 4.69) is 10.3 Å². The quantitative estimate of drug-likeness (QED) is 0.533. The number of halogens is 2. The van der Waals surface area contributed by atoms with Crippen LogP contribution in [0.1, 0.15) is 15.9 Å². The van der Waals surface area contributed by atoms with Crippen LogP contribution in [-0.4, -0.2) is 49.1 Å². The Morgan fingerprint density at radius 2 is 1.84 bits per heavy atom. The number of carbonyl (C=O) groups is 3. The Morgan fingerprint density at radius 1 is 1.06 bits per heavy atom. The van der Waals surface area contributed by atoms with Gasteiger partial charge in [0, 0.05) is 11.6 Å². The highest BCUT2D eigenvalue weighted by atomic mass is 19.2. The molecule has 160 valence electrons. The standard InChI is InChI=1S/C20H16F2N4O5/c1-30-15-6-3-10(20(29)31-2)7-11(15)9-25-17-16(23-24-25)18(27)26(19(17)28)12-4-5-13(21)14(22)8-12/h3-8,16-17H,9H2,1-2H3/t16-,17+/m0/s1. The van der Waals surface area contributed by atoms with Gasteiger partial charge >= 0.3 is 5.97 Å². The molecule has 2 aliphatic rings. The number of nitrogens with zero attached hydrogens (tertiary/aromatic N) is 4. The third kappa shape index (κ3) is 3.37. The van der Waals surface area contributed by atoms with E-state index in [9.17, 15) is 23.2 Å². The second kappa shape index (κ2) is 7.74. The van der Waals surface area contributed by atoms with Gasteiger partial charge in [-0.3, -0.25) is 14.6 Å². The highest BCUT2D eigenvalue weighted by Crippen LogP contribution is 2.34. The van der Waals surface area contributed by atoms with Crippen molar-refractivity contribution in [1.29, 1.82) is 0 Å². The molecule has 0 spiro atoms. The molecule has 0 unspecified atom stereocenters. The fourth-order valence-corrected chi connectivity index (χ4v) is 3.55. The molecular formula is C20H16F2N4O5. The van der Waals surface area contributed by atoms with Crippen LogP contribution in [0.4, 0.5) is 14.5 Å². The van der Waals surface area contributed by atoms with Crippen molar-refractivity contribution < 1.29 is 32.6 Å². The number of hydrogen-bond donors (Lipinski definition) is 0. The van der Waals surface area contributed by atoms with Gasteiger partial charge in [0.05, 0.1) is 32.0 Å². The molecule has 2 aromatic carbocycles. The second-order valence-electron chi connectivity index (χ2n) is 6.82. The van der Waals surface area contributed by atoms with Crippen LogP contribution in [0.15, 0.2) is 46.7 Å². The lowest BCUT2D eigenvalue weighted by Crippen LogP contribution is -2.39. The molecule has 1 saturated heterocycles. The summed E-state index contributed by atoms with van der Waals surface area (Å²) in [6.07, 6.45) is 0. The number of rotatable bonds is 5. The first-order chi connectivity index (χ1) is 14.8. The Bertz CT molecular complexity index is 1120. The van der Waals surface area contributed by atoms with Crippen molar-refractivity contribution in [2.24, 2.45) is 10.3 Å². The lowest BCUT2D eigenvalue weighted by molar-refractivity contribution is -0.123. The minimum absolute atomic E-state index is 0.00329. The normalized spacial score (nSPS) is 19.7. The number of esters is 1. The average molecular weight is 430 g/mol. The number of methoxy groups -OCH3 is 2. The topological polar surface area (TPSA) is 101 Å². The van der Waals surface area contributed by atoms with E-state index in [1.54, 1.807) is 6.07 Å². The molecule has 2 aliphatic heterocycles. The molecule has 11 heteroatoms. The molecule has 0 aliphatic carbocycles. The first-order valence-electron chi connectivity index (χ1n) is 9.11. The van der Waals surface area contributed by atoms with E-state index in [-0.39, 0.29) is 17.8 Å². The molecule has 2 atom stereocenters. The molecule has 1 fully saturated rings. The summed E-state index contributed by atoms with van der Waals surface area (Å²) in [5.41, 5.74) is 0.684. The third-order valence-electron chi connectivity index (χ3n) is 5.05. The van der Waals surface area contributed by atoms with Crippen LogP contribution in [0.25, 0.3) is 0 Å². The van der Waals surface area contributed by atoms with Crippen LogP contribution in [0, 0.1) is 11.6 Å². The van der Waals surface area contributed by atoms with Crippen molar-refractivity contribution in [3.63, 3.8) is 0 Å².